The second kappa shape index (κ2) is 7.27. The molecule has 1 aromatic rings. The molecule has 0 bridgehead atoms. The van der Waals surface area contributed by atoms with Crippen LogP contribution in [-0.2, 0) is 16.0 Å². The predicted molar refractivity (Wildman–Crippen MR) is 87.2 cm³/mol. The Balaban J connectivity index is 1.51. The third-order valence-corrected chi connectivity index (χ3v) is 4.52. The number of ether oxygens (including phenoxy) is 4. The number of carbonyl (C=O) groups excluding carboxylic acids is 1. The number of hydrogen-bond donors (Lipinski definition) is 1. The molecule has 1 aromatic carbocycles. The van der Waals surface area contributed by atoms with E-state index in [0.717, 1.165) is 18.4 Å². The molecule has 0 unspecified atom stereocenters. The zero-order chi connectivity index (χ0) is 17.0. The lowest BCUT2D eigenvalue weighted by atomic mass is 10.0. The topological polar surface area (TPSA) is 69.3 Å². The summed E-state index contributed by atoms with van der Waals surface area (Å²) in [5.74, 6) is 0.866. The molecule has 24 heavy (non-hydrogen) atoms. The summed E-state index contributed by atoms with van der Waals surface area (Å²) in [6.45, 7) is 3.00. The lowest BCUT2D eigenvalue weighted by Gasteiger charge is -2.37. The van der Waals surface area contributed by atoms with Gasteiger partial charge in [0.15, 0.2) is 17.3 Å². The van der Waals surface area contributed by atoms with Crippen LogP contribution in [0.3, 0.4) is 0 Å². The van der Waals surface area contributed by atoms with E-state index in [4.69, 9.17) is 18.9 Å². The molecule has 3 rings (SSSR count). The van der Waals surface area contributed by atoms with E-state index in [1.165, 1.54) is 0 Å². The van der Waals surface area contributed by atoms with Crippen molar-refractivity contribution in [2.75, 3.05) is 40.5 Å². The molecule has 0 aromatic heterocycles. The normalized spacial score (nSPS) is 19.3. The van der Waals surface area contributed by atoms with E-state index in [0.29, 0.717) is 44.3 Å². The summed E-state index contributed by atoms with van der Waals surface area (Å²) in [5.41, 5.74) is 0.955. The fraction of sp³-hybridized carbons (Fsp3) is 0.588. The zero-order valence-corrected chi connectivity index (χ0v) is 14.2. The zero-order valence-electron chi connectivity index (χ0n) is 14.2. The highest BCUT2D eigenvalue weighted by molar-refractivity contribution is 5.74. The summed E-state index contributed by atoms with van der Waals surface area (Å²) < 4.78 is 21.9. The number of benzene rings is 1. The number of nitrogens with zero attached hydrogens (tertiary/aromatic N) is 1. The van der Waals surface area contributed by atoms with Crippen LogP contribution in [-0.4, -0.2) is 57.2 Å². The molecule has 2 amide bonds. The summed E-state index contributed by atoms with van der Waals surface area (Å²) in [6.07, 6.45) is 1.44. The Morgan fingerprint density at radius 3 is 2.46 bits per heavy atom. The molecule has 2 aliphatic rings. The lowest BCUT2D eigenvalue weighted by molar-refractivity contribution is -0.181. The van der Waals surface area contributed by atoms with E-state index in [9.17, 15) is 4.79 Å². The van der Waals surface area contributed by atoms with Gasteiger partial charge in [0.25, 0.3) is 0 Å². The van der Waals surface area contributed by atoms with Crippen LogP contribution in [0.2, 0.25) is 0 Å². The van der Waals surface area contributed by atoms with Gasteiger partial charge in [-0.05, 0) is 17.7 Å². The number of urea groups is 1. The molecule has 2 heterocycles. The van der Waals surface area contributed by atoms with Crippen molar-refractivity contribution in [1.82, 2.24) is 10.2 Å². The van der Waals surface area contributed by atoms with Crippen molar-refractivity contribution in [2.24, 2.45) is 0 Å². The summed E-state index contributed by atoms with van der Waals surface area (Å²) in [4.78, 5) is 14.1. The molecule has 0 saturated carbocycles. The van der Waals surface area contributed by atoms with Crippen molar-refractivity contribution < 1.29 is 23.7 Å². The minimum absolute atomic E-state index is 0.0716. The monoisotopic (exact) mass is 336 g/mol. The minimum Gasteiger partial charge on any atom is -0.493 e. The second-order valence-corrected chi connectivity index (χ2v) is 5.94. The molecule has 132 valence electrons. The van der Waals surface area contributed by atoms with E-state index in [1.54, 1.807) is 19.1 Å². The summed E-state index contributed by atoms with van der Waals surface area (Å²) in [6, 6.07) is 5.54. The van der Waals surface area contributed by atoms with Crippen LogP contribution < -0.4 is 14.8 Å². The predicted octanol–water partition coefficient (Wildman–Crippen LogP) is 1.75. The van der Waals surface area contributed by atoms with Crippen LogP contribution in [0, 0.1) is 0 Å². The average molecular weight is 336 g/mol. The molecule has 2 aliphatic heterocycles. The molecule has 0 aliphatic carbocycles. The molecular formula is C17H24N2O5. The molecule has 7 nitrogen and oxygen atoms in total. The Labute approximate surface area is 141 Å². The maximum Gasteiger partial charge on any atom is 0.317 e. The van der Waals surface area contributed by atoms with Gasteiger partial charge in [0.05, 0.1) is 27.4 Å². The Hall–Kier alpha value is -1.99. The van der Waals surface area contributed by atoms with Crippen molar-refractivity contribution in [3.63, 3.8) is 0 Å². The van der Waals surface area contributed by atoms with E-state index in [2.05, 4.69) is 5.32 Å². The Morgan fingerprint density at radius 2 is 1.83 bits per heavy atom. The van der Waals surface area contributed by atoms with E-state index in [1.807, 2.05) is 18.2 Å². The van der Waals surface area contributed by atoms with Crippen molar-refractivity contribution in [3.05, 3.63) is 23.8 Å². The number of amides is 2. The van der Waals surface area contributed by atoms with Gasteiger partial charge in [-0.1, -0.05) is 6.07 Å². The second-order valence-electron chi connectivity index (χ2n) is 5.94. The number of hydrogen-bond acceptors (Lipinski definition) is 5. The first kappa shape index (κ1) is 16.9. The number of carbonyl (C=O) groups is 1. The molecule has 1 N–H and O–H groups in total. The third kappa shape index (κ3) is 3.57. The first-order valence-corrected chi connectivity index (χ1v) is 8.17. The van der Waals surface area contributed by atoms with Crippen LogP contribution in [0.4, 0.5) is 4.79 Å². The minimum atomic E-state index is -0.458. The van der Waals surface area contributed by atoms with Crippen LogP contribution in [0.1, 0.15) is 18.4 Å². The SMILES string of the molecule is COc1ccc(CNC(=O)N2CCC3(CC2)OCCO3)cc1OC. The first-order chi connectivity index (χ1) is 11.7. The van der Waals surface area contributed by atoms with E-state index in [-0.39, 0.29) is 6.03 Å². The van der Waals surface area contributed by atoms with Crippen molar-refractivity contribution in [3.8, 4) is 11.5 Å². The summed E-state index contributed by atoms with van der Waals surface area (Å²) in [5, 5.41) is 2.95. The van der Waals surface area contributed by atoms with Gasteiger partial charge in [0.2, 0.25) is 0 Å². The molecule has 0 atom stereocenters. The fourth-order valence-corrected chi connectivity index (χ4v) is 3.12. The number of likely N-dealkylation sites (tertiary alicyclic amines) is 1. The van der Waals surface area contributed by atoms with E-state index < -0.39 is 5.79 Å². The molecule has 0 radical (unpaired) electrons. The van der Waals surface area contributed by atoms with Gasteiger partial charge in [0.1, 0.15) is 0 Å². The molecule has 2 saturated heterocycles. The maximum atomic E-state index is 12.3. The lowest BCUT2D eigenvalue weighted by Crippen LogP contribution is -2.50. The summed E-state index contributed by atoms with van der Waals surface area (Å²) >= 11 is 0. The highest BCUT2D eigenvalue weighted by Crippen LogP contribution is 2.31. The standard InChI is InChI=1S/C17H24N2O5/c1-21-14-4-3-13(11-15(14)22-2)12-18-16(20)19-7-5-17(6-8-19)23-9-10-24-17/h3-4,11H,5-10,12H2,1-2H3,(H,18,20). The largest absolute Gasteiger partial charge is 0.493 e. The number of piperidine rings is 1. The van der Waals surface area contributed by atoms with Gasteiger partial charge in [-0.15, -0.1) is 0 Å². The molecule has 1 spiro atoms. The van der Waals surface area contributed by atoms with Crippen LogP contribution >= 0.6 is 0 Å². The smallest absolute Gasteiger partial charge is 0.317 e. The summed E-state index contributed by atoms with van der Waals surface area (Å²) in [7, 11) is 3.19. The van der Waals surface area contributed by atoms with Gasteiger partial charge in [-0.25, -0.2) is 4.79 Å². The average Bonchev–Trinajstić information content (AvgIpc) is 3.08. The van der Waals surface area contributed by atoms with Crippen molar-refractivity contribution in [1.29, 1.82) is 0 Å². The fourth-order valence-electron chi connectivity index (χ4n) is 3.12. The van der Waals surface area contributed by atoms with Crippen LogP contribution in [0.5, 0.6) is 11.5 Å². The quantitative estimate of drug-likeness (QED) is 0.907. The highest BCUT2D eigenvalue weighted by Gasteiger charge is 2.40. The van der Waals surface area contributed by atoms with Crippen LogP contribution in [0.25, 0.3) is 0 Å². The van der Waals surface area contributed by atoms with Gasteiger partial charge in [0, 0.05) is 32.5 Å². The van der Waals surface area contributed by atoms with Crippen molar-refractivity contribution >= 4 is 6.03 Å². The first-order valence-electron chi connectivity index (χ1n) is 8.17. The van der Waals surface area contributed by atoms with Gasteiger partial charge in [-0.3, -0.25) is 0 Å². The third-order valence-electron chi connectivity index (χ3n) is 4.52. The van der Waals surface area contributed by atoms with Gasteiger partial charge < -0.3 is 29.2 Å². The Bertz CT molecular complexity index is 576. The van der Waals surface area contributed by atoms with Crippen LogP contribution in [0.15, 0.2) is 18.2 Å². The molecular weight excluding hydrogens is 312 g/mol. The highest BCUT2D eigenvalue weighted by atomic mass is 16.7. The van der Waals surface area contributed by atoms with Gasteiger partial charge >= 0.3 is 6.03 Å². The molecule has 7 heteroatoms. The number of nitrogens with one attached hydrogen (secondary N) is 1. The Morgan fingerprint density at radius 1 is 1.17 bits per heavy atom. The maximum absolute atomic E-state index is 12.3. The van der Waals surface area contributed by atoms with Crippen molar-refractivity contribution in [2.45, 2.75) is 25.2 Å². The Kier molecular flexibility index (Phi) is 5.11. The molecule has 2 fully saturated rings. The van der Waals surface area contributed by atoms with Gasteiger partial charge in [-0.2, -0.15) is 0 Å². The number of rotatable bonds is 4. The number of methoxy groups -OCH3 is 2. The van der Waals surface area contributed by atoms with E-state index >= 15 is 0 Å².